The highest BCUT2D eigenvalue weighted by molar-refractivity contribution is 7.89. The summed E-state index contributed by atoms with van der Waals surface area (Å²) >= 11 is 1.41. The number of carbonyl (C=O) groups excluding carboxylic acids is 1. The average Bonchev–Trinajstić information content (AvgIpc) is 3.37. The van der Waals surface area contributed by atoms with Crippen LogP contribution in [0.2, 0.25) is 0 Å². The van der Waals surface area contributed by atoms with Crippen molar-refractivity contribution in [1.29, 1.82) is 0 Å². The van der Waals surface area contributed by atoms with Crippen LogP contribution in [0.5, 0.6) is 0 Å². The molecule has 1 aromatic heterocycles. The summed E-state index contributed by atoms with van der Waals surface area (Å²) in [6.45, 7) is 2.25. The monoisotopic (exact) mass is 377 g/mol. The molecule has 0 radical (unpaired) electrons. The molecule has 8 heteroatoms. The summed E-state index contributed by atoms with van der Waals surface area (Å²) in [4.78, 5) is 18.7. The van der Waals surface area contributed by atoms with Crippen molar-refractivity contribution in [2.45, 2.75) is 17.7 Å². The second-order valence-electron chi connectivity index (χ2n) is 6.75. The minimum absolute atomic E-state index is 0.0532. The molecule has 6 nitrogen and oxygen atoms in total. The normalized spacial score (nSPS) is 24.2. The number of nitrogens with zero attached hydrogens (tertiary/aromatic N) is 3. The molecular formula is C17H19N3O3S2. The Morgan fingerprint density at radius 1 is 1.12 bits per heavy atom. The molecule has 4 rings (SSSR count). The van der Waals surface area contributed by atoms with Crippen LogP contribution in [0.1, 0.15) is 23.3 Å². The molecule has 2 aliphatic heterocycles. The first-order valence-electron chi connectivity index (χ1n) is 8.23. The number of likely N-dealkylation sites (tertiary alicyclic amines) is 1. The average molecular weight is 377 g/mol. The molecule has 0 unspecified atom stereocenters. The topological polar surface area (TPSA) is 70.6 Å². The van der Waals surface area contributed by atoms with Gasteiger partial charge >= 0.3 is 0 Å². The molecule has 25 heavy (non-hydrogen) atoms. The molecule has 2 aromatic rings. The molecule has 2 aliphatic rings. The minimum atomic E-state index is -3.46. The number of rotatable bonds is 3. The van der Waals surface area contributed by atoms with E-state index in [-0.39, 0.29) is 11.3 Å². The van der Waals surface area contributed by atoms with Gasteiger partial charge in [-0.3, -0.25) is 4.79 Å². The van der Waals surface area contributed by atoms with Gasteiger partial charge in [-0.15, -0.1) is 11.3 Å². The van der Waals surface area contributed by atoms with Crippen LogP contribution in [0.4, 0.5) is 0 Å². The van der Waals surface area contributed by atoms with Gasteiger partial charge in [0.25, 0.3) is 5.91 Å². The van der Waals surface area contributed by atoms with Gasteiger partial charge in [0.1, 0.15) is 5.69 Å². The van der Waals surface area contributed by atoms with E-state index in [0.29, 0.717) is 36.8 Å². The third-order valence-corrected chi connectivity index (χ3v) is 7.61. The van der Waals surface area contributed by atoms with Crippen molar-refractivity contribution in [3.63, 3.8) is 0 Å². The smallest absolute Gasteiger partial charge is 0.273 e. The maximum atomic E-state index is 12.8. The molecular weight excluding hydrogens is 358 g/mol. The van der Waals surface area contributed by atoms with Crippen LogP contribution in [-0.2, 0) is 10.0 Å². The molecule has 2 saturated heterocycles. The summed E-state index contributed by atoms with van der Waals surface area (Å²) in [6, 6.07) is 8.55. The van der Waals surface area contributed by atoms with Crippen molar-refractivity contribution in [2.75, 3.05) is 26.2 Å². The van der Waals surface area contributed by atoms with Gasteiger partial charge in [0.15, 0.2) is 0 Å². The van der Waals surface area contributed by atoms with E-state index in [0.717, 1.165) is 12.8 Å². The Labute approximate surface area is 151 Å². The van der Waals surface area contributed by atoms with Crippen molar-refractivity contribution in [1.82, 2.24) is 14.2 Å². The second-order valence-corrected chi connectivity index (χ2v) is 9.41. The molecule has 1 spiro atoms. The van der Waals surface area contributed by atoms with Gasteiger partial charge in [0.05, 0.1) is 10.4 Å². The van der Waals surface area contributed by atoms with Crippen LogP contribution < -0.4 is 0 Å². The Kier molecular flexibility index (Phi) is 4.13. The van der Waals surface area contributed by atoms with E-state index in [1.807, 2.05) is 11.0 Å². The highest BCUT2D eigenvalue weighted by Crippen LogP contribution is 2.41. The number of sulfonamides is 1. The maximum Gasteiger partial charge on any atom is 0.273 e. The highest BCUT2D eigenvalue weighted by atomic mass is 32.2. The zero-order valence-corrected chi connectivity index (χ0v) is 15.3. The Bertz CT molecular complexity index is 868. The van der Waals surface area contributed by atoms with Crippen molar-refractivity contribution in [3.05, 3.63) is 46.9 Å². The van der Waals surface area contributed by atoms with E-state index in [1.54, 1.807) is 39.5 Å². The summed E-state index contributed by atoms with van der Waals surface area (Å²) in [5.74, 6) is -0.0532. The second kappa shape index (κ2) is 6.19. The van der Waals surface area contributed by atoms with Crippen LogP contribution in [0.25, 0.3) is 0 Å². The Balaban J connectivity index is 1.48. The lowest BCUT2D eigenvalue weighted by Crippen LogP contribution is -2.35. The molecule has 1 amide bonds. The molecule has 132 valence electrons. The first kappa shape index (κ1) is 16.7. The maximum absolute atomic E-state index is 12.8. The number of carbonyl (C=O) groups is 1. The third-order valence-electron chi connectivity index (χ3n) is 5.16. The predicted molar refractivity (Wildman–Crippen MR) is 94.9 cm³/mol. The third kappa shape index (κ3) is 2.98. The van der Waals surface area contributed by atoms with Crippen molar-refractivity contribution in [3.8, 4) is 0 Å². The van der Waals surface area contributed by atoms with E-state index in [2.05, 4.69) is 4.98 Å². The predicted octanol–water partition coefficient (Wildman–Crippen LogP) is 2.07. The van der Waals surface area contributed by atoms with Gasteiger partial charge in [-0.1, -0.05) is 18.2 Å². The fourth-order valence-corrected chi connectivity index (χ4v) is 5.86. The molecule has 1 atom stereocenters. The first-order chi connectivity index (χ1) is 12.0. The van der Waals surface area contributed by atoms with Gasteiger partial charge in [0, 0.05) is 37.0 Å². The van der Waals surface area contributed by atoms with E-state index in [1.165, 1.54) is 11.3 Å². The number of hydrogen-bond donors (Lipinski definition) is 0. The standard InChI is InChI=1S/C17H19N3O3S2/c21-16(15-10-24-13-18-15)19-8-6-17(11-19)7-9-20(12-17)25(22,23)14-4-2-1-3-5-14/h1-5,10,13H,6-9,11-12H2/t17-/m1/s1. The summed E-state index contributed by atoms with van der Waals surface area (Å²) in [5, 5.41) is 1.76. The highest BCUT2D eigenvalue weighted by Gasteiger charge is 2.48. The molecule has 0 saturated carbocycles. The minimum Gasteiger partial charge on any atom is -0.337 e. The van der Waals surface area contributed by atoms with Crippen molar-refractivity contribution in [2.24, 2.45) is 5.41 Å². The zero-order valence-electron chi connectivity index (χ0n) is 13.7. The van der Waals surface area contributed by atoms with Crippen LogP contribution in [0.15, 0.2) is 46.1 Å². The molecule has 0 aliphatic carbocycles. The molecule has 3 heterocycles. The number of thiazole rings is 1. The fourth-order valence-electron chi connectivity index (χ4n) is 3.76. The van der Waals surface area contributed by atoms with Gasteiger partial charge in [0.2, 0.25) is 10.0 Å². The van der Waals surface area contributed by atoms with Crippen LogP contribution in [0, 0.1) is 5.41 Å². The van der Waals surface area contributed by atoms with E-state index < -0.39 is 10.0 Å². The fraction of sp³-hybridized carbons (Fsp3) is 0.412. The van der Waals surface area contributed by atoms with Crippen LogP contribution >= 0.6 is 11.3 Å². The van der Waals surface area contributed by atoms with Gasteiger partial charge in [-0.05, 0) is 25.0 Å². The number of hydrogen-bond acceptors (Lipinski definition) is 5. The lowest BCUT2D eigenvalue weighted by atomic mass is 9.86. The number of amides is 1. The summed E-state index contributed by atoms with van der Waals surface area (Å²) in [5.41, 5.74) is 2.00. The lowest BCUT2D eigenvalue weighted by molar-refractivity contribution is 0.0770. The Hall–Kier alpha value is -1.77. The summed E-state index contributed by atoms with van der Waals surface area (Å²) < 4.78 is 27.2. The van der Waals surface area contributed by atoms with Gasteiger partial charge < -0.3 is 4.90 Å². The largest absolute Gasteiger partial charge is 0.337 e. The molecule has 0 bridgehead atoms. The lowest BCUT2D eigenvalue weighted by Gasteiger charge is -2.24. The van der Waals surface area contributed by atoms with E-state index >= 15 is 0 Å². The van der Waals surface area contributed by atoms with E-state index in [4.69, 9.17) is 0 Å². The Morgan fingerprint density at radius 2 is 1.88 bits per heavy atom. The van der Waals surface area contributed by atoms with E-state index in [9.17, 15) is 13.2 Å². The quantitative estimate of drug-likeness (QED) is 0.821. The van der Waals surface area contributed by atoms with Crippen molar-refractivity contribution >= 4 is 27.3 Å². The zero-order chi connectivity index (χ0) is 17.5. The van der Waals surface area contributed by atoms with Crippen LogP contribution in [-0.4, -0.2) is 54.7 Å². The SMILES string of the molecule is O=C(c1cscn1)N1CC[C@@]2(CCN(S(=O)(=O)c3ccccc3)C2)C1. The Morgan fingerprint density at radius 3 is 2.60 bits per heavy atom. The summed E-state index contributed by atoms with van der Waals surface area (Å²) in [6.07, 6.45) is 1.63. The van der Waals surface area contributed by atoms with Gasteiger partial charge in [-0.25, -0.2) is 13.4 Å². The van der Waals surface area contributed by atoms with Crippen LogP contribution in [0.3, 0.4) is 0 Å². The molecule has 0 N–H and O–H groups in total. The number of aromatic nitrogens is 1. The molecule has 2 fully saturated rings. The summed E-state index contributed by atoms with van der Waals surface area (Å²) in [7, 11) is -3.46. The van der Waals surface area contributed by atoms with Gasteiger partial charge in [-0.2, -0.15) is 4.31 Å². The first-order valence-corrected chi connectivity index (χ1v) is 10.6. The molecule has 1 aromatic carbocycles. The number of benzene rings is 1. The van der Waals surface area contributed by atoms with Crippen molar-refractivity contribution < 1.29 is 13.2 Å².